The van der Waals surface area contributed by atoms with Gasteiger partial charge in [0.25, 0.3) is 0 Å². The first-order valence-electron chi connectivity index (χ1n) is 4.51. The van der Waals surface area contributed by atoms with Crippen molar-refractivity contribution in [1.82, 2.24) is 4.90 Å². The van der Waals surface area contributed by atoms with Crippen molar-refractivity contribution in [2.75, 3.05) is 28.3 Å². The average Bonchev–Trinajstić information content (AvgIpc) is 2.18. The molecule has 0 aliphatic heterocycles. The van der Waals surface area contributed by atoms with Gasteiger partial charge in [-0.15, -0.1) is 0 Å². The summed E-state index contributed by atoms with van der Waals surface area (Å²) in [5.74, 6) is -1.31. The van der Waals surface area contributed by atoms with Gasteiger partial charge < -0.3 is 14.4 Å². The Hall–Kier alpha value is -0.870. The zero-order chi connectivity index (χ0) is 11.2. The molecule has 0 heterocycles. The quantitative estimate of drug-likeness (QED) is 0.475. The molecule has 0 saturated heterocycles. The van der Waals surface area contributed by atoms with Crippen LogP contribution < -0.4 is 0 Å². The maximum absolute atomic E-state index is 11.7. The topological polar surface area (TPSA) is 38.8 Å². The molecule has 0 aliphatic carbocycles. The van der Waals surface area contributed by atoms with Gasteiger partial charge in [0, 0.05) is 47.0 Å². The van der Waals surface area contributed by atoms with E-state index >= 15 is 0 Å². The number of ether oxygens (including phenoxy) is 2. The van der Waals surface area contributed by atoms with E-state index in [1.165, 1.54) is 20.3 Å². The molecule has 4 nitrogen and oxygen atoms in total. The fourth-order valence-corrected chi connectivity index (χ4v) is 1.09. The van der Waals surface area contributed by atoms with Gasteiger partial charge in [0.1, 0.15) is 0 Å². The summed E-state index contributed by atoms with van der Waals surface area (Å²) in [5, 5.41) is 0. The van der Waals surface area contributed by atoms with Crippen LogP contribution in [-0.4, -0.2) is 44.8 Å². The summed E-state index contributed by atoms with van der Waals surface area (Å²) in [6, 6.07) is 0. The summed E-state index contributed by atoms with van der Waals surface area (Å²) < 4.78 is 10.2. The molecule has 0 aromatic carbocycles. The van der Waals surface area contributed by atoms with Crippen LogP contribution in [0.1, 0.15) is 13.3 Å². The van der Waals surface area contributed by atoms with Crippen molar-refractivity contribution in [3.8, 4) is 0 Å². The van der Waals surface area contributed by atoms with E-state index in [9.17, 15) is 4.79 Å². The minimum absolute atomic E-state index is 0.182. The second kappa shape index (κ2) is 5.78. The molecule has 0 fully saturated rings. The van der Waals surface area contributed by atoms with Crippen molar-refractivity contribution in [2.24, 2.45) is 0 Å². The van der Waals surface area contributed by atoms with E-state index in [0.29, 0.717) is 6.42 Å². The lowest BCUT2D eigenvalue weighted by Crippen LogP contribution is -2.41. The van der Waals surface area contributed by atoms with Crippen LogP contribution in [0.2, 0.25) is 0 Å². The van der Waals surface area contributed by atoms with Gasteiger partial charge >= 0.3 is 0 Å². The Kier molecular flexibility index (Phi) is 5.42. The second-order valence-corrected chi connectivity index (χ2v) is 3.16. The predicted molar refractivity (Wildman–Crippen MR) is 54.9 cm³/mol. The van der Waals surface area contributed by atoms with E-state index in [2.05, 4.69) is 0 Å². The van der Waals surface area contributed by atoms with Gasteiger partial charge in [-0.2, -0.15) is 0 Å². The highest BCUT2D eigenvalue weighted by molar-refractivity contribution is 5.95. The third kappa shape index (κ3) is 3.12. The minimum atomic E-state index is -1.13. The molecule has 0 amide bonds. The molecule has 0 bridgehead atoms. The van der Waals surface area contributed by atoms with Crippen molar-refractivity contribution in [2.45, 2.75) is 19.1 Å². The molecule has 0 aromatic heterocycles. The van der Waals surface area contributed by atoms with Crippen molar-refractivity contribution in [3.63, 3.8) is 0 Å². The summed E-state index contributed by atoms with van der Waals surface area (Å²) in [6.45, 7) is 1.84. The fourth-order valence-electron chi connectivity index (χ4n) is 1.09. The maximum Gasteiger partial charge on any atom is 0.232 e. The first-order chi connectivity index (χ1) is 6.52. The number of rotatable bonds is 6. The van der Waals surface area contributed by atoms with E-state index < -0.39 is 5.79 Å². The number of nitrogens with zero attached hydrogens (tertiary/aromatic N) is 1. The van der Waals surface area contributed by atoms with Crippen LogP contribution in [0, 0.1) is 0 Å². The van der Waals surface area contributed by atoms with Gasteiger partial charge in [-0.3, -0.25) is 4.79 Å². The van der Waals surface area contributed by atoms with Crippen LogP contribution in [-0.2, 0) is 14.3 Å². The highest BCUT2D eigenvalue weighted by atomic mass is 16.7. The van der Waals surface area contributed by atoms with E-state index in [1.807, 2.05) is 21.0 Å². The molecule has 0 atom stereocenters. The lowest BCUT2D eigenvalue weighted by atomic mass is 10.1. The largest absolute Gasteiger partial charge is 0.383 e. The highest BCUT2D eigenvalue weighted by Crippen LogP contribution is 2.17. The fraction of sp³-hybridized carbons (Fsp3) is 0.700. The molecule has 4 heteroatoms. The third-order valence-corrected chi connectivity index (χ3v) is 2.02. The molecule has 0 unspecified atom stereocenters. The van der Waals surface area contributed by atoms with Crippen molar-refractivity contribution < 1.29 is 14.3 Å². The molecule has 0 aromatic rings. The summed E-state index contributed by atoms with van der Waals surface area (Å²) in [6.07, 6.45) is 3.61. The monoisotopic (exact) mass is 201 g/mol. The summed E-state index contributed by atoms with van der Waals surface area (Å²) in [7, 11) is 6.62. The Balaban J connectivity index is 4.60. The molecular formula is C10H19NO3. The molecule has 0 aliphatic rings. The number of ketones is 1. The zero-order valence-electron chi connectivity index (χ0n) is 9.53. The Bertz CT molecular complexity index is 199. The van der Waals surface area contributed by atoms with Crippen LogP contribution in [0.4, 0.5) is 0 Å². The number of hydrogen-bond donors (Lipinski definition) is 0. The maximum atomic E-state index is 11.7. The van der Waals surface area contributed by atoms with Crippen molar-refractivity contribution in [1.29, 1.82) is 0 Å². The van der Waals surface area contributed by atoms with Gasteiger partial charge in [-0.25, -0.2) is 0 Å². The molecule has 82 valence electrons. The third-order valence-electron chi connectivity index (χ3n) is 2.02. The summed E-state index contributed by atoms with van der Waals surface area (Å²) >= 11 is 0. The van der Waals surface area contributed by atoms with Crippen LogP contribution >= 0.6 is 0 Å². The van der Waals surface area contributed by atoms with Gasteiger partial charge in [0.15, 0.2) is 0 Å². The number of methoxy groups -OCH3 is 2. The Labute approximate surface area is 85.5 Å². The molecule has 0 N–H and O–H groups in total. The number of carbonyl (C=O) groups is 1. The van der Waals surface area contributed by atoms with Crippen molar-refractivity contribution >= 4 is 5.78 Å². The molecular weight excluding hydrogens is 182 g/mol. The Morgan fingerprint density at radius 3 is 2.14 bits per heavy atom. The molecule has 0 spiro atoms. The number of carbonyl (C=O) groups excluding carboxylic acids is 1. The van der Waals surface area contributed by atoms with Gasteiger partial charge in [0.2, 0.25) is 11.6 Å². The predicted octanol–water partition coefficient (Wildman–Crippen LogP) is 1.03. The average molecular weight is 201 g/mol. The van der Waals surface area contributed by atoms with E-state index in [1.54, 1.807) is 11.1 Å². The molecule has 0 radical (unpaired) electrons. The minimum Gasteiger partial charge on any atom is -0.383 e. The summed E-state index contributed by atoms with van der Waals surface area (Å²) in [5.41, 5.74) is 0. The Morgan fingerprint density at radius 2 is 1.86 bits per heavy atom. The first kappa shape index (κ1) is 13.1. The Morgan fingerprint density at radius 1 is 1.36 bits per heavy atom. The molecule has 0 rings (SSSR count). The number of hydrogen-bond acceptors (Lipinski definition) is 4. The standard InChI is InChI=1S/C10H19NO3/c1-6-10(13-4,14-5)9(12)7-8-11(2)3/h7-8H,6H2,1-5H3. The van der Waals surface area contributed by atoms with E-state index in [-0.39, 0.29) is 5.78 Å². The molecule has 0 saturated carbocycles. The first-order valence-corrected chi connectivity index (χ1v) is 4.51. The van der Waals surface area contributed by atoms with Crippen LogP contribution in [0.5, 0.6) is 0 Å². The zero-order valence-corrected chi connectivity index (χ0v) is 9.53. The smallest absolute Gasteiger partial charge is 0.232 e. The lowest BCUT2D eigenvalue weighted by molar-refractivity contribution is -0.203. The van der Waals surface area contributed by atoms with Gasteiger partial charge in [-0.1, -0.05) is 6.92 Å². The van der Waals surface area contributed by atoms with Crippen LogP contribution in [0.3, 0.4) is 0 Å². The lowest BCUT2D eigenvalue weighted by Gasteiger charge is -2.26. The van der Waals surface area contributed by atoms with E-state index in [0.717, 1.165) is 0 Å². The van der Waals surface area contributed by atoms with Gasteiger partial charge in [0.05, 0.1) is 0 Å². The highest BCUT2D eigenvalue weighted by Gasteiger charge is 2.34. The normalized spacial score (nSPS) is 12.1. The van der Waals surface area contributed by atoms with Crippen LogP contribution in [0.25, 0.3) is 0 Å². The van der Waals surface area contributed by atoms with E-state index in [4.69, 9.17) is 9.47 Å². The molecule has 14 heavy (non-hydrogen) atoms. The second-order valence-electron chi connectivity index (χ2n) is 3.16. The SMILES string of the molecule is CCC(OC)(OC)C(=O)C=CN(C)C. The van der Waals surface area contributed by atoms with Crippen LogP contribution in [0.15, 0.2) is 12.3 Å². The van der Waals surface area contributed by atoms with Crippen molar-refractivity contribution in [3.05, 3.63) is 12.3 Å². The van der Waals surface area contributed by atoms with Gasteiger partial charge in [-0.05, 0) is 0 Å². The summed E-state index contributed by atoms with van der Waals surface area (Å²) in [4.78, 5) is 13.5.